The molecule has 126 valence electrons. The van der Waals surface area contributed by atoms with Gasteiger partial charge in [-0.25, -0.2) is 0 Å². The number of nitrogens with zero attached hydrogens (tertiary/aromatic N) is 3. The van der Waals surface area contributed by atoms with Crippen molar-refractivity contribution in [3.8, 4) is 5.75 Å². The van der Waals surface area contributed by atoms with Crippen LogP contribution in [0.15, 0.2) is 34.2 Å². The molecule has 0 aliphatic rings. The van der Waals surface area contributed by atoms with Gasteiger partial charge in [-0.3, -0.25) is 14.7 Å². The van der Waals surface area contributed by atoms with Crippen LogP contribution in [0, 0.1) is 4.77 Å². The van der Waals surface area contributed by atoms with Crippen molar-refractivity contribution < 1.29 is 14.6 Å². The minimum Gasteiger partial charge on any atom is -0.494 e. The molecule has 0 aliphatic carbocycles. The molecule has 1 aromatic carbocycles. The van der Waals surface area contributed by atoms with Gasteiger partial charge in [0.2, 0.25) is 4.77 Å². The van der Waals surface area contributed by atoms with Crippen LogP contribution in [0.25, 0.3) is 0 Å². The molecule has 1 heterocycles. The smallest absolute Gasteiger partial charge is 0.303 e. The molecule has 0 spiro atoms. The van der Waals surface area contributed by atoms with E-state index in [1.807, 2.05) is 6.92 Å². The maximum atomic E-state index is 12.2. The van der Waals surface area contributed by atoms with Gasteiger partial charge in [0, 0.05) is 6.42 Å². The van der Waals surface area contributed by atoms with E-state index in [4.69, 9.17) is 22.1 Å². The number of hydrogen-bond donors (Lipinski definition) is 2. The summed E-state index contributed by atoms with van der Waals surface area (Å²) in [5.41, 5.74) is 0.278. The molecule has 0 aliphatic heterocycles. The predicted molar refractivity (Wildman–Crippen MR) is 90.2 cm³/mol. The Kier molecular flexibility index (Phi) is 5.96. The zero-order valence-corrected chi connectivity index (χ0v) is 13.7. The lowest BCUT2D eigenvalue weighted by molar-refractivity contribution is -0.136. The quantitative estimate of drug-likeness (QED) is 0.581. The number of hydrogen-bond acceptors (Lipinski definition) is 6. The molecule has 0 bridgehead atoms. The Balaban J connectivity index is 2.24. The van der Waals surface area contributed by atoms with Gasteiger partial charge in [0.05, 0.1) is 19.2 Å². The van der Waals surface area contributed by atoms with E-state index in [1.54, 1.807) is 24.3 Å². The summed E-state index contributed by atoms with van der Waals surface area (Å²) in [6, 6.07) is 7.16. The summed E-state index contributed by atoms with van der Waals surface area (Å²) in [6.07, 6.45) is 1.27. The highest BCUT2D eigenvalue weighted by molar-refractivity contribution is 7.71. The largest absolute Gasteiger partial charge is 0.494 e. The van der Waals surface area contributed by atoms with Gasteiger partial charge >= 0.3 is 5.97 Å². The summed E-state index contributed by atoms with van der Waals surface area (Å²) < 4.78 is 6.36. The van der Waals surface area contributed by atoms with Gasteiger partial charge in [-0.05, 0) is 49.0 Å². The Morgan fingerprint density at radius 2 is 2.17 bits per heavy atom. The lowest BCUT2D eigenvalue weighted by Crippen LogP contribution is -2.25. The summed E-state index contributed by atoms with van der Waals surface area (Å²) >= 11 is 5.00. The third kappa shape index (κ3) is 4.59. The zero-order valence-electron chi connectivity index (χ0n) is 12.9. The van der Waals surface area contributed by atoms with Crippen molar-refractivity contribution in [1.29, 1.82) is 0 Å². The average Bonchev–Trinajstić information content (AvgIpc) is 2.55. The van der Waals surface area contributed by atoms with Crippen LogP contribution in [-0.2, 0) is 11.2 Å². The molecule has 0 fully saturated rings. The Labute approximate surface area is 142 Å². The highest BCUT2D eigenvalue weighted by atomic mass is 32.1. The molecule has 0 atom stereocenters. The number of aromatic amines is 1. The first kappa shape index (κ1) is 17.5. The lowest BCUT2D eigenvalue weighted by Gasteiger charge is -2.03. The fourth-order valence-corrected chi connectivity index (χ4v) is 2.03. The highest BCUT2D eigenvalue weighted by Gasteiger charge is 2.08. The maximum absolute atomic E-state index is 12.2. The first-order valence-corrected chi connectivity index (χ1v) is 7.61. The van der Waals surface area contributed by atoms with Gasteiger partial charge in [0.1, 0.15) is 11.4 Å². The van der Waals surface area contributed by atoms with Gasteiger partial charge < -0.3 is 9.84 Å². The lowest BCUT2D eigenvalue weighted by atomic mass is 10.2. The fraction of sp³-hybridized carbons (Fsp3) is 0.267. The topological polar surface area (TPSA) is 110 Å². The van der Waals surface area contributed by atoms with Gasteiger partial charge in [-0.2, -0.15) is 14.9 Å². The molecule has 2 N–H and O–H groups in total. The van der Waals surface area contributed by atoms with Crippen molar-refractivity contribution >= 4 is 24.4 Å². The number of aliphatic carboxylic acids is 1. The van der Waals surface area contributed by atoms with Gasteiger partial charge in [-0.15, -0.1) is 0 Å². The molecule has 2 rings (SSSR count). The van der Waals surface area contributed by atoms with Crippen molar-refractivity contribution in [2.75, 3.05) is 6.61 Å². The summed E-state index contributed by atoms with van der Waals surface area (Å²) in [5, 5.41) is 19.0. The second-order valence-corrected chi connectivity index (χ2v) is 5.12. The van der Waals surface area contributed by atoms with E-state index in [0.717, 1.165) is 16.0 Å². The first-order chi connectivity index (χ1) is 11.5. The van der Waals surface area contributed by atoms with E-state index in [-0.39, 0.29) is 23.3 Å². The van der Waals surface area contributed by atoms with E-state index >= 15 is 0 Å². The van der Waals surface area contributed by atoms with Gasteiger partial charge in [0.15, 0.2) is 0 Å². The molecule has 0 radical (unpaired) electrons. The Bertz CT molecular complexity index is 855. The molecule has 24 heavy (non-hydrogen) atoms. The number of nitrogens with one attached hydrogen (secondary N) is 1. The van der Waals surface area contributed by atoms with E-state index in [0.29, 0.717) is 6.61 Å². The Morgan fingerprint density at radius 3 is 2.79 bits per heavy atom. The van der Waals surface area contributed by atoms with Gasteiger partial charge in [0.25, 0.3) is 5.56 Å². The number of H-pyrrole nitrogens is 1. The number of benzene rings is 1. The number of rotatable bonds is 7. The van der Waals surface area contributed by atoms with Crippen LogP contribution < -0.4 is 10.3 Å². The maximum Gasteiger partial charge on any atom is 0.303 e. The number of carboxylic acids is 1. The molecule has 0 saturated heterocycles. The highest BCUT2D eigenvalue weighted by Crippen LogP contribution is 2.10. The number of ether oxygens (including phenoxy) is 1. The predicted octanol–water partition coefficient (Wildman–Crippen LogP) is 1.60. The minimum atomic E-state index is -1.01. The van der Waals surface area contributed by atoms with E-state index < -0.39 is 11.5 Å². The molecule has 9 heteroatoms. The second-order valence-electron chi connectivity index (χ2n) is 4.73. The van der Waals surface area contributed by atoms with Crippen LogP contribution in [-0.4, -0.2) is 38.8 Å². The number of aromatic nitrogens is 3. The molecule has 0 amide bonds. The SMILES string of the molecule is CCOc1ccc(/C=N\n2c(=S)[nH]nc(CCC(=O)O)c2=O)cc1. The molecule has 1 aromatic heterocycles. The first-order valence-electron chi connectivity index (χ1n) is 7.21. The number of carboxylic acid groups (broad SMARTS) is 1. The van der Waals surface area contributed by atoms with E-state index in [1.165, 1.54) is 6.21 Å². The van der Waals surface area contributed by atoms with Crippen LogP contribution in [0.3, 0.4) is 0 Å². The molecular weight excluding hydrogens is 332 g/mol. The van der Waals surface area contributed by atoms with E-state index in [2.05, 4.69) is 15.3 Å². The summed E-state index contributed by atoms with van der Waals surface area (Å²) in [5.74, 6) is -0.271. The van der Waals surface area contributed by atoms with Crippen molar-refractivity contribution in [3.05, 3.63) is 50.6 Å². The van der Waals surface area contributed by atoms with Crippen molar-refractivity contribution in [1.82, 2.24) is 14.9 Å². The van der Waals surface area contributed by atoms with Crippen molar-refractivity contribution in [3.63, 3.8) is 0 Å². The van der Waals surface area contributed by atoms with Crippen LogP contribution in [0.5, 0.6) is 5.75 Å². The second kappa shape index (κ2) is 8.16. The van der Waals surface area contributed by atoms with Crippen molar-refractivity contribution in [2.24, 2.45) is 5.10 Å². The molecule has 0 saturated carbocycles. The zero-order chi connectivity index (χ0) is 17.5. The minimum absolute atomic E-state index is 0.00114. The molecule has 2 aromatic rings. The van der Waals surface area contributed by atoms with Crippen LogP contribution in [0.1, 0.15) is 24.6 Å². The summed E-state index contributed by atoms with van der Waals surface area (Å²) in [6.45, 7) is 2.48. The monoisotopic (exact) mass is 348 g/mol. The van der Waals surface area contributed by atoms with Crippen LogP contribution in [0.2, 0.25) is 0 Å². The average molecular weight is 348 g/mol. The fourth-order valence-electron chi connectivity index (χ4n) is 1.86. The molecular formula is C15H16N4O4S. The van der Waals surface area contributed by atoms with Crippen molar-refractivity contribution in [2.45, 2.75) is 19.8 Å². The normalized spacial score (nSPS) is 10.9. The Hall–Kier alpha value is -2.81. The summed E-state index contributed by atoms with van der Waals surface area (Å²) in [4.78, 5) is 22.9. The Morgan fingerprint density at radius 1 is 1.46 bits per heavy atom. The summed E-state index contributed by atoms with van der Waals surface area (Å²) in [7, 11) is 0. The number of carbonyl (C=O) groups is 1. The van der Waals surface area contributed by atoms with Gasteiger partial charge in [-0.1, -0.05) is 0 Å². The standard InChI is InChI=1S/C15H16N4O4S/c1-2-23-11-5-3-10(4-6-11)9-16-19-14(22)12(7-8-13(20)21)17-18-15(19)24/h3-6,9H,2,7-8H2,1H3,(H,18,24)(H,20,21)/b16-9-. The third-order valence-electron chi connectivity index (χ3n) is 3.01. The third-order valence-corrected chi connectivity index (χ3v) is 3.27. The van der Waals surface area contributed by atoms with Crippen LogP contribution >= 0.6 is 12.2 Å². The number of aryl methyl sites for hydroxylation is 1. The molecule has 8 nitrogen and oxygen atoms in total. The molecule has 0 unspecified atom stereocenters. The van der Waals surface area contributed by atoms with E-state index in [9.17, 15) is 9.59 Å². The van der Waals surface area contributed by atoms with Crippen LogP contribution in [0.4, 0.5) is 0 Å².